The summed E-state index contributed by atoms with van der Waals surface area (Å²) in [5.74, 6) is 0. The highest BCUT2D eigenvalue weighted by atomic mass is 32.2. The zero-order chi connectivity index (χ0) is 10.2. The summed E-state index contributed by atoms with van der Waals surface area (Å²) < 4.78 is 0. The molecule has 0 aromatic heterocycles. The first kappa shape index (κ1) is 10.8. The first-order valence-corrected chi connectivity index (χ1v) is 5.50. The van der Waals surface area contributed by atoms with Crippen LogP contribution in [0, 0.1) is 0 Å². The normalized spacial score (nSPS) is 12.0. The van der Waals surface area contributed by atoms with Crippen LogP contribution in [0.5, 0.6) is 0 Å². The van der Waals surface area contributed by atoms with Crippen molar-refractivity contribution in [3.8, 4) is 0 Å². The van der Waals surface area contributed by atoms with Gasteiger partial charge in [0.25, 0.3) is 0 Å². The molecule has 74 valence electrons. The topological polar surface area (TPSA) is 36.8 Å². The number of benzene rings is 1. The van der Waals surface area contributed by atoms with Crippen LogP contribution in [0.25, 0.3) is 0 Å². The van der Waals surface area contributed by atoms with Gasteiger partial charge in [-0.25, -0.2) is 4.99 Å². The molecule has 0 spiro atoms. The highest BCUT2D eigenvalue weighted by molar-refractivity contribution is 8.13. The van der Waals surface area contributed by atoms with Gasteiger partial charge >= 0.3 is 0 Å². The van der Waals surface area contributed by atoms with Gasteiger partial charge in [0.2, 0.25) is 0 Å². The maximum atomic E-state index is 4.37. The summed E-state index contributed by atoms with van der Waals surface area (Å²) in [5.41, 5.74) is 3.78. The second-order valence-corrected chi connectivity index (χ2v) is 3.25. The quantitative estimate of drug-likeness (QED) is 0.460. The number of hydrazone groups is 1. The van der Waals surface area contributed by atoms with Crippen molar-refractivity contribution in [3.05, 3.63) is 30.3 Å². The molecule has 0 bridgehead atoms. The van der Waals surface area contributed by atoms with Gasteiger partial charge < -0.3 is 0 Å². The SMILES string of the molecule is C/C=N\NC(=Nc1ccccc1)SC. The molecule has 1 N–H and O–H groups in total. The summed E-state index contributed by atoms with van der Waals surface area (Å²) in [6.45, 7) is 1.85. The van der Waals surface area contributed by atoms with Crippen molar-refractivity contribution in [2.24, 2.45) is 10.1 Å². The Morgan fingerprint density at radius 1 is 1.36 bits per heavy atom. The number of rotatable bonds is 2. The van der Waals surface area contributed by atoms with E-state index in [1.54, 1.807) is 6.21 Å². The molecule has 0 fully saturated rings. The van der Waals surface area contributed by atoms with E-state index in [9.17, 15) is 0 Å². The van der Waals surface area contributed by atoms with E-state index in [-0.39, 0.29) is 0 Å². The lowest BCUT2D eigenvalue weighted by Crippen LogP contribution is -2.12. The molecule has 0 radical (unpaired) electrons. The molecule has 0 saturated heterocycles. The number of hydrogen-bond acceptors (Lipinski definition) is 3. The smallest absolute Gasteiger partial charge is 0.182 e. The monoisotopic (exact) mass is 207 g/mol. The van der Waals surface area contributed by atoms with Crippen LogP contribution in [-0.2, 0) is 0 Å². The van der Waals surface area contributed by atoms with Crippen molar-refractivity contribution in [1.29, 1.82) is 0 Å². The minimum absolute atomic E-state index is 0.786. The van der Waals surface area contributed by atoms with Crippen LogP contribution in [0.3, 0.4) is 0 Å². The zero-order valence-corrected chi connectivity index (χ0v) is 9.08. The fourth-order valence-electron chi connectivity index (χ4n) is 0.856. The van der Waals surface area contributed by atoms with Crippen LogP contribution in [-0.4, -0.2) is 17.6 Å². The molecule has 0 amide bonds. The number of aliphatic imine (C=N–C) groups is 1. The molecular formula is C10H13N3S. The Balaban J connectivity index is 2.73. The van der Waals surface area contributed by atoms with Crippen molar-refractivity contribution >= 4 is 28.8 Å². The van der Waals surface area contributed by atoms with Crippen molar-refractivity contribution < 1.29 is 0 Å². The molecule has 0 atom stereocenters. The molecule has 1 rings (SSSR count). The van der Waals surface area contributed by atoms with Gasteiger partial charge in [0.15, 0.2) is 5.17 Å². The van der Waals surface area contributed by atoms with E-state index in [1.165, 1.54) is 11.8 Å². The summed E-state index contributed by atoms with van der Waals surface area (Å²) in [5, 5.41) is 4.70. The molecule has 3 nitrogen and oxygen atoms in total. The maximum Gasteiger partial charge on any atom is 0.182 e. The van der Waals surface area contributed by atoms with Gasteiger partial charge in [-0.3, -0.25) is 5.43 Å². The third kappa shape index (κ3) is 3.62. The first-order chi connectivity index (χ1) is 6.86. The van der Waals surface area contributed by atoms with Crippen LogP contribution in [0.4, 0.5) is 5.69 Å². The Hall–Kier alpha value is -1.29. The van der Waals surface area contributed by atoms with Crippen molar-refractivity contribution in [1.82, 2.24) is 5.43 Å². The fraction of sp³-hybridized carbons (Fsp3) is 0.200. The second-order valence-electron chi connectivity index (χ2n) is 2.46. The van der Waals surface area contributed by atoms with E-state index in [0.717, 1.165) is 10.9 Å². The van der Waals surface area contributed by atoms with Crippen LogP contribution >= 0.6 is 11.8 Å². The minimum Gasteiger partial charge on any atom is -0.256 e. The molecule has 0 unspecified atom stereocenters. The van der Waals surface area contributed by atoms with E-state index >= 15 is 0 Å². The number of amidine groups is 1. The fourth-order valence-corrected chi connectivity index (χ4v) is 1.20. The van der Waals surface area contributed by atoms with Crippen molar-refractivity contribution in [2.75, 3.05) is 6.26 Å². The molecule has 0 aliphatic heterocycles. The average Bonchev–Trinajstić information content (AvgIpc) is 2.25. The Morgan fingerprint density at radius 3 is 2.64 bits per heavy atom. The molecular weight excluding hydrogens is 194 g/mol. The molecule has 1 aromatic carbocycles. The van der Waals surface area contributed by atoms with E-state index in [4.69, 9.17) is 0 Å². The summed E-state index contributed by atoms with van der Waals surface area (Å²) >= 11 is 1.53. The van der Waals surface area contributed by atoms with Crippen LogP contribution in [0.1, 0.15) is 6.92 Å². The highest BCUT2D eigenvalue weighted by Crippen LogP contribution is 2.12. The Bertz CT molecular complexity index is 319. The molecule has 0 heterocycles. The lowest BCUT2D eigenvalue weighted by atomic mass is 10.3. The first-order valence-electron chi connectivity index (χ1n) is 4.28. The Morgan fingerprint density at radius 2 is 2.07 bits per heavy atom. The average molecular weight is 207 g/mol. The number of thioether (sulfide) groups is 1. The number of para-hydroxylation sites is 1. The van der Waals surface area contributed by atoms with E-state index in [2.05, 4.69) is 15.5 Å². The third-order valence-corrected chi connectivity index (χ3v) is 2.04. The number of hydrogen-bond donors (Lipinski definition) is 1. The maximum absolute atomic E-state index is 4.37. The standard InChI is InChI=1S/C10H13N3S/c1-3-11-13-10(14-2)12-9-7-5-4-6-8-9/h3-8H,1-2H3,(H,12,13)/b11-3-. The number of nitrogens with one attached hydrogen (secondary N) is 1. The third-order valence-electron chi connectivity index (χ3n) is 1.47. The summed E-state index contributed by atoms with van der Waals surface area (Å²) in [4.78, 5) is 4.37. The van der Waals surface area contributed by atoms with E-state index < -0.39 is 0 Å². The van der Waals surface area contributed by atoms with Gasteiger partial charge in [0.05, 0.1) is 5.69 Å². The molecule has 1 aromatic rings. The lowest BCUT2D eigenvalue weighted by molar-refractivity contribution is 1.05. The predicted octanol–water partition coefficient (Wildman–Crippen LogP) is 2.63. The van der Waals surface area contributed by atoms with Gasteiger partial charge in [-0.05, 0) is 25.3 Å². The Kier molecular flexibility index (Phi) is 4.78. The predicted molar refractivity (Wildman–Crippen MR) is 64.4 cm³/mol. The van der Waals surface area contributed by atoms with E-state index in [0.29, 0.717) is 0 Å². The Labute approximate surface area is 88.3 Å². The largest absolute Gasteiger partial charge is 0.256 e. The lowest BCUT2D eigenvalue weighted by Gasteiger charge is -2.00. The molecule has 4 heteroatoms. The van der Waals surface area contributed by atoms with Gasteiger partial charge in [-0.15, -0.1) is 0 Å². The minimum atomic E-state index is 0.786. The zero-order valence-electron chi connectivity index (χ0n) is 8.27. The highest BCUT2D eigenvalue weighted by Gasteiger charge is 1.93. The van der Waals surface area contributed by atoms with Crippen LogP contribution in [0.2, 0.25) is 0 Å². The molecule has 0 aliphatic rings. The second kappa shape index (κ2) is 6.21. The summed E-state index contributed by atoms with van der Waals surface area (Å²) in [6.07, 6.45) is 3.65. The summed E-state index contributed by atoms with van der Waals surface area (Å²) in [7, 11) is 0. The van der Waals surface area contributed by atoms with Crippen LogP contribution < -0.4 is 5.43 Å². The number of nitrogens with zero attached hydrogens (tertiary/aromatic N) is 2. The summed E-state index contributed by atoms with van der Waals surface area (Å²) in [6, 6.07) is 9.79. The van der Waals surface area contributed by atoms with E-state index in [1.807, 2.05) is 43.5 Å². The van der Waals surface area contributed by atoms with Gasteiger partial charge in [-0.2, -0.15) is 5.10 Å². The molecule has 0 saturated carbocycles. The molecule has 0 aliphatic carbocycles. The van der Waals surface area contributed by atoms with Gasteiger partial charge in [0.1, 0.15) is 0 Å². The van der Waals surface area contributed by atoms with Crippen molar-refractivity contribution in [2.45, 2.75) is 6.92 Å². The molecule has 14 heavy (non-hydrogen) atoms. The van der Waals surface area contributed by atoms with Crippen LogP contribution in [0.15, 0.2) is 40.4 Å². The van der Waals surface area contributed by atoms with Gasteiger partial charge in [0, 0.05) is 6.21 Å². The van der Waals surface area contributed by atoms with Gasteiger partial charge in [-0.1, -0.05) is 30.0 Å². The van der Waals surface area contributed by atoms with Crippen molar-refractivity contribution in [3.63, 3.8) is 0 Å².